The predicted octanol–water partition coefficient (Wildman–Crippen LogP) is 2.90. The van der Waals surface area contributed by atoms with Gasteiger partial charge in [-0.05, 0) is 60.5 Å². The zero-order chi connectivity index (χ0) is 28.8. The number of carbonyl (C=O) groups excluding carboxylic acids is 2. The minimum Gasteiger partial charge on any atom is -0.495 e. The number of rotatable bonds is 9. The van der Waals surface area contributed by atoms with Crippen LogP contribution in [-0.4, -0.2) is 76.6 Å². The maximum Gasteiger partial charge on any atom is 0.335 e. The lowest BCUT2D eigenvalue weighted by molar-refractivity contribution is -0.132. The van der Waals surface area contributed by atoms with Crippen LogP contribution in [0.25, 0.3) is 0 Å². The zero-order valence-corrected chi connectivity index (χ0v) is 22.0. The summed E-state index contributed by atoms with van der Waals surface area (Å²) in [5.41, 5.74) is 2.70. The summed E-state index contributed by atoms with van der Waals surface area (Å²) in [6.07, 6.45) is -2.40. The SMILES string of the molecule is COc1cc(CC(=O)N2C[C@@H](O)[C@@H](O)[C@H]2COc2ccc(C(=O)O)cc2)ccc1NC(=O)Nc1ccccc1C. The maximum atomic E-state index is 13.2. The number of hydrogen-bond acceptors (Lipinski definition) is 7. The van der Waals surface area contributed by atoms with E-state index in [1.165, 1.54) is 36.3 Å². The van der Waals surface area contributed by atoms with Crippen LogP contribution < -0.4 is 20.1 Å². The van der Waals surface area contributed by atoms with E-state index in [-0.39, 0.29) is 31.0 Å². The molecule has 0 bridgehead atoms. The fraction of sp³-hybridized carbons (Fsp3) is 0.276. The Morgan fingerprint density at radius 1 is 0.975 bits per heavy atom. The number of anilines is 2. The van der Waals surface area contributed by atoms with Gasteiger partial charge >= 0.3 is 12.0 Å². The highest BCUT2D eigenvalue weighted by molar-refractivity contribution is 6.01. The highest BCUT2D eigenvalue weighted by Gasteiger charge is 2.42. The summed E-state index contributed by atoms with van der Waals surface area (Å²) in [6.45, 7) is 1.72. The molecule has 11 nitrogen and oxygen atoms in total. The smallest absolute Gasteiger partial charge is 0.335 e. The van der Waals surface area contributed by atoms with Crippen LogP contribution in [0.15, 0.2) is 66.7 Å². The largest absolute Gasteiger partial charge is 0.495 e. The number of aliphatic hydroxyl groups is 2. The number of urea groups is 1. The maximum absolute atomic E-state index is 13.2. The Balaban J connectivity index is 1.40. The minimum absolute atomic E-state index is 0.0463. The van der Waals surface area contributed by atoms with Crippen LogP contribution in [0.2, 0.25) is 0 Å². The lowest BCUT2D eigenvalue weighted by Gasteiger charge is -2.26. The summed E-state index contributed by atoms with van der Waals surface area (Å²) in [7, 11) is 1.45. The molecule has 1 aliphatic heterocycles. The number of hydrogen-bond donors (Lipinski definition) is 5. The van der Waals surface area contributed by atoms with E-state index in [0.29, 0.717) is 28.4 Å². The number of aryl methyl sites for hydroxylation is 1. The molecule has 0 spiro atoms. The molecule has 1 fully saturated rings. The number of ether oxygens (including phenoxy) is 2. The highest BCUT2D eigenvalue weighted by Crippen LogP contribution is 2.28. The van der Waals surface area contributed by atoms with E-state index in [2.05, 4.69) is 10.6 Å². The molecule has 3 atom stereocenters. The number of likely N-dealkylation sites (tertiary alicyclic amines) is 1. The number of benzene rings is 3. The van der Waals surface area contributed by atoms with Gasteiger partial charge < -0.3 is 40.3 Å². The number of nitrogens with one attached hydrogen (secondary N) is 2. The number of carbonyl (C=O) groups is 3. The Hall–Kier alpha value is -4.61. The van der Waals surface area contributed by atoms with Crippen LogP contribution in [0.3, 0.4) is 0 Å². The predicted molar refractivity (Wildman–Crippen MR) is 147 cm³/mol. The second-order valence-electron chi connectivity index (χ2n) is 9.42. The molecule has 1 saturated heterocycles. The molecule has 1 heterocycles. The summed E-state index contributed by atoms with van der Waals surface area (Å²) >= 11 is 0. The number of carboxylic acid groups (broad SMARTS) is 1. The molecule has 1 aliphatic rings. The Morgan fingerprint density at radius 3 is 2.35 bits per heavy atom. The van der Waals surface area contributed by atoms with E-state index >= 15 is 0 Å². The van der Waals surface area contributed by atoms with Crippen LogP contribution in [0.1, 0.15) is 21.5 Å². The summed E-state index contributed by atoms with van der Waals surface area (Å²) < 4.78 is 11.1. The van der Waals surface area contributed by atoms with Crippen LogP contribution in [0.5, 0.6) is 11.5 Å². The summed E-state index contributed by atoms with van der Waals surface area (Å²) in [6, 6.07) is 16.8. The van der Waals surface area contributed by atoms with Crippen molar-refractivity contribution in [1.29, 1.82) is 0 Å². The molecular weight excluding hydrogens is 518 g/mol. The van der Waals surface area contributed by atoms with Crippen molar-refractivity contribution < 1.29 is 39.2 Å². The van der Waals surface area contributed by atoms with Crippen molar-refractivity contribution in [1.82, 2.24) is 4.90 Å². The van der Waals surface area contributed by atoms with Crippen molar-refractivity contribution in [3.05, 3.63) is 83.4 Å². The van der Waals surface area contributed by atoms with Gasteiger partial charge in [0.25, 0.3) is 0 Å². The molecule has 3 aromatic carbocycles. The number of β-amino-alcohol motifs (C(OH)–C–C–N with tert-alkyl or cyclic N) is 1. The Bertz CT molecular complexity index is 1380. The molecule has 40 heavy (non-hydrogen) atoms. The topological polar surface area (TPSA) is 158 Å². The van der Waals surface area contributed by atoms with Gasteiger partial charge in [-0.25, -0.2) is 9.59 Å². The first kappa shape index (κ1) is 28.4. The number of methoxy groups -OCH3 is 1. The molecule has 0 unspecified atom stereocenters. The summed E-state index contributed by atoms with van der Waals surface area (Å²) in [4.78, 5) is 38.1. The quantitative estimate of drug-likeness (QED) is 0.273. The van der Waals surface area contributed by atoms with Crippen LogP contribution in [-0.2, 0) is 11.2 Å². The van der Waals surface area contributed by atoms with Gasteiger partial charge in [-0.1, -0.05) is 24.3 Å². The van der Waals surface area contributed by atoms with E-state index in [0.717, 1.165) is 5.56 Å². The highest BCUT2D eigenvalue weighted by atomic mass is 16.5. The normalized spacial score (nSPS) is 18.2. The Morgan fingerprint density at radius 2 is 1.68 bits per heavy atom. The molecule has 3 amide bonds. The number of aromatic carboxylic acids is 1. The number of carboxylic acids is 1. The van der Waals surface area contributed by atoms with Crippen molar-refractivity contribution in [2.75, 3.05) is 30.9 Å². The first-order chi connectivity index (χ1) is 19.2. The monoisotopic (exact) mass is 549 g/mol. The molecular formula is C29H31N3O8. The van der Waals surface area contributed by atoms with E-state index in [1.54, 1.807) is 24.3 Å². The van der Waals surface area contributed by atoms with Crippen molar-refractivity contribution in [2.45, 2.75) is 31.6 Å². The molecule has 5 N–H and O–H groups in total. The number of nitrogens with zero attached hydrogens (tertiary/aromatic N) is 1. The van der Waals surface area contributed by atoms with E-state index in [4.69, 9.17) is 14.6 Å². The van der Waals surface area contributed by atoms with Gasteiger partial charge in [-0.15, -0.1) is 0 Å². The van der Waals surface area contributed by atoms with Gasteiger partial charge in [0.2, 0.25) is 5.91 Å². The number of aliphatic hydroxyl groups excluding tert-OH is 2. The lowest BCUT2D eigenvalue weighted by Crippen LogP contribution is -2.44. The first-order valence-electron chi connectivity index (χ1n) is 12.6. The fourth-order valence-electron chi connectivity index (χ4n) is 4.45. The Labute approximate surface area is 231 Å². The van der Waals surface area contributed by atoms with Crippen LogP contribution >= 0.6 is 0 Å². The van der Waals surface area contributed by atoms with E-state index in [1.807, 2.05) is 25.1 Å². The third-order valence-corrected chi connectivity index (χ3v) is 6.68. The summed E-state index contributed by atoms with van der Waals surface area (Å²) in [5.74, 6) is -0.684. The minimum atomic E-state index is -1.21. The standard InChI is InChI=1S/C29H31N3O8/c1-17-5-3-4-6-21(17)30-29(38)31-22-12-7-18(13-25(22)39-2)14-26(34)32-15-24(33)27(35)23(32)16-40-20-10-8-19(9-11-20)28(36)37/h3-13,23-24,27,33,35H,14-16H2,1-2H3,(H,36,37)(H2,30,31,38)/t23-,24-,27+/m1/s1. The third-order valence-electron chi connectivity index (χ3n) is 6.68. The lowest BCUT2D eigenvalue weighted by atomic mass is 10.1. The van der Waals surface area contributed by atoms with Gasteiger partial charge in [0, 0.05) is 12.2 Å². The van der Waals surface area contributed by atoms with Crippen LogP contribution in [0, 0.1) is 6.92 Å². The second-order valence-corrected chi connectivity index (χ2v) is 9.42. The first-order valence-corrected chi connectivity index (χ1v) is 12.6. The second kappa shape index (κ2) is 12.5. The molecule has 210 valence electrons. The van der Waals surface area contributed by atoms with Crippen LogP contribution in [0.4, 0.5) is 16.2 Å². The fourth-order valence-corrected chi connectivity index (χ4v) is 4.45. The van der Waals surface area contributed by atoms with Gasteiger partial charge in [-0.2, -0.15) is 0 Å². The van der Waals surface area contributed by atoms with Gasteiger partial charge in [-0.3, -0.25) is 4.79 Å². The average molecular weight is 550 g/mol. The van der Waals surface area contributed by atoms with Gasteiger partial charge in [0.05, 0.1) is 36.9 Å². The molecule has 0 aromatic heterocycles. The number of para-hydroxylation sites is 1. The molecule has 0 aliphatic carbocycles. The van der Waals surface area contributed by atoms with Crippen molar-refractivity contribution in [3.63, 3.8) is 0 Å². The zero-order valence-electron chi connectivity index (χ0n) is 22.0. The Kier molecular flexibility index (Phi) is 8.87. The molecule has 11 heteroatoms. The molecule has 4 rings (SSSR count). The van der Waals surface area contributed by atoms with Gasteiger partial charge in [0.15, 0.2) is 0 Å². The van der Waals surface area contributed by atoms with Crippen molar-refractivity contribution in [2.24, 2.45) is 0 Å². The van der Waals surface area contributed by atoms with Crippen molar-refractivity contribution >= 4 is 29.3 Å². The summed E-state index contributed by atoms with van der Waals surface area (Å²) in [5, 5.41) is 35.3. The average Bonchev–Trinajstić information content (AvgIpc) is 3.22. The van der Waals surface area contributed by atoms with Gasteiger partial charge in [0.1, 0.15) is 24.2 Å². The van der Waals surface area contributed by atoms with E-state index < -0.39 is 30.3 Å². The molecule has 0 radical (unpaired) electrons. The third kappa shape index (κ3) is 6.68. The van der Waals surface area contributed by atoms with Crippen molar-refractivity contribution in [3.8, 4) is 11.5 Å². The molecule has 0 saturated carbocycles. The number of amides is 3. The van der Waals surface area contributed by atoms with E-state index in [9.17, 15) is 24.6 Å². The molecule has 3 aromatic rings.